The maximum atomic E-state index is 13.6. The molecule has 5 heteroatoms. The lowest BCUT2D eigenvalue weighted by Gasteiger charge is -2.03. The van der Waals surface area contributed by atoms with Crippen LogP contribution in [0.4, 0.5) is 10.1 Å². The van der Waals surface area contributed by atoms with E-state index in [-0.39, 0.29) is 5.82 Å². The highest BCUT2D eigenvalue weighted by atomic mass is 79.9. The van der Waals surface area contributed by atoms with Crippen molar-refractivity contribution in [2.45, 2.75) is 0 Å². The lowest BCUT2D eigenvalue weighted by Crippen LogP contribution is -1.91. The van der Waals surface area contributed by atoms with Gasteiger partial charge in [0.2, 0.25) is 0 Å². The van der Waals surface area contributed by atoms with E-state index in [1.165, 1.54) is 12.4 Å². The molecule has 1 aromatic carbocycles. The summed E-state index contributed by atoms with van der Waals surface area (Å²) in [7, 11) is 0. The highest BCUT2D eigenvalue weighted by Gasteiger charge is 2.10. The minimum absolute atomic E-state index is 0.344. The second-order valence-corrected chi connectivity index (χ2v) is 3.68. The van der Waals surface area contributed by atoms with Crippen LogP contribution in [0.25, 0.3) is 11.3 Å². The molecule has 0 amide bonds. The van der Waals surface area contributed by atoms with Crippen LogP contribution in [0.2, 0.25) is 0 Å². The van der Waals surface area contributed by atoms with Crippen molar-refractivity contribution in [3.05, 3.63) is 34.9 Å². The van der Waals surface area contributed by atoms with E-state index in [0.717, 1.165) is 0 Å². The average molecular weight is 256 g/mol. The first-order chi connectivity index (χ1) is 6.68. The highest BCUT2D eigenvalue weighted by Crippen LogP contribution is 2.29. The number of nitrogen functional groups attached to an aromatic ring is 1. The van der Waals surface area contributed by atoms with Crippen LogP contribution >= 0.6 is 15.9 Å². The van der Waals surface area contributed by atoms with Gasteiger partial charge in [0.15, 0.2) is 0 Å². The number of anilines is 1. The van der Waals surface area contributed by atoms with Crippen molar-refractivity contribution in [1.82, 2.24) is 9.97 Å². The van der Waals surface area contributed by atoms with Gasteiger partial charge in [-0.2, -0.15) is 0 Å². The molecule has 0 bridgehead atoms. The lowest BCUT2D eigenvalue weighted by molar-refractivity contribution is 0.624. The largest absolute Gasteiger partial charge is 0.399 e. The summed E-state index contributed by atoms with van der Waals surface area (Å²) >= 11 is 3.09. The predicted molar refractivity (Wildman–Crippen MR) is 56.1 cm³/mol. The molecule has 0 saturated carbocycles. The Morgan fingerprint density at radius 3 is 2.86 bits per heavy atom. The van der Waals surface area contributed by atoms with E-state index >= 15 is 0 Å². The maximum absolute atomic E-state index is 13.6. The third-order valence-electron chi connectivity index (χ3n) is 1.84. The van der Waals surface area contributed by atoms with Gasteiger partial charge in [-0.15, -0.1) is 0 Å². The molecule has 3 N–H and O–H groups in total. The fourth-order valence-corrected chi connectivity index (χ4v) is 1.69. The Morgan fingerprint density at radius 1 is 1.43 bits per heavy atom. The molecular weight excluding hydrogens is 249 g/mol. The summed E-state index contributed by atoms with van der Waals surface area (Å²) in [5, 5.41) is 0. The van der Waals surface area contributed by atoms with Gasteiger partial charge in [-0.3, -0.25) is 0 Å². The number of imidazole rings is 1. The number of nitrogens with two attached hydrogens (primary N) is 1. The molecule has 0 unspecified atom stereocenters. The van der Waals surface area contributed by atoms with Crippen molar-refractivity contribution in [3.63, 3.8) is 0 Å². The van der Waals surface area contributed by atoms with Crippen LogP contribution in [0.1, 0.15) is 0 Å². The Kier molecular flexibility index (Phi) is 2.25. The molecule has 1 aromatic heterocycles. The topological polar surface area (TPSA) is 54.7 Å². The number of nitrogens with one attached hydrogen (secondary N) is 1. The van der Waals surface area contributed by atoms with Crippen molar-refractivity contribution in [2.75, 3.05) is 5.73 Å². The van der Waals surface area contributed by atoms with E-state index in [4.69, 9.17) is 5.73 Å². The molecule has 3 nitrogen and oxygen atoms in total. The first-order valence-corrected chi connectivity index (χ1v) is 4.71. The molecule has 0 saturated heterocycles. The number of aromatic amines is 1. The molecule has 14 heavy (non-hydrogen) atoms. The zero-order chi connectivity index (χ0) is 10.1. The summed E-state index contributed by atoms with van der Waals surface area (Å²) in [5.41, 5.74) is 7.12. The Bertz CT molecular complexity index is 453. The van der Waals surface area contributed by atoms with Crippen LogP contribution in [-0.4, -0.2) is 9.97 Å². The smallest absolute Gasteiger partial charge is 0.146 e. The number of hydrogen-bond acceptors (Lipinski definition) is 2. The summed E-state index contributed by atoms with van der Waals surface area (Å²) in [5.74, 6) is -0.344. The molecule has 0 aliphatic rings. The van der Waals surface area contributed by atoms with Gasteiger partial charge in [0.05, 0.1) is 22.7 Å². The monoisotopic (exact) mass is 255 g/mol. The van der Waals surface area contributed by atoms with E-state index in [0.29, 0.717) is 21.4 Å². The molecule has 2 rings (SSSR count). The molecule has 2 aromatic rings. The van der Waals surface area contributed by atoms with Gasteiger partial charge in [0.1, 0.15) is 5.82 Å². The van der Waals surface area contributed by atoms with Crippen molar-refractivity contribution in [1.29, 1.82) is 0 Å². The SMILES string of the molecule is Nc1cc(Br)c(F)c(-c2cnc[nH]2)c1. The van der Waals surface area contributed by atoms with Crippen LogP contribution in [0, 0.1) is 5.82 Å². The minimum atomic E-state index is -0.344. The summed E-state index contributed by atoms with van der Waals surface area (Å²) in [6, 6.07) is 3.09. The number of halogens is 2. The van der Waals surface area contributed by atoms with Crippen molar-refractivity contribution in [3.8, 4) is 11.3 Å². The quantitative estimate of drug-likeness (QED) is 0.770. The molecule has 0 aliphatic heterocycles. The lowest BCUT2D eigenvalue weighted by atomic mass is 10.1. The van der Waals surface area contributed by atoms with Gasteiger partial charge in [-0.25, -0.2) is 9.37 Å². The number of nitrogens with zero attached hydrogens (tertiary/aromatic N) is 1. The third kappa shape index (κ3) is 1.50. The summed E-state index contributed by atoms with van der Waals surface area (Å²) in [6.45, 7) is 0. The number of hydrogen-bond donors (Lipinski definition) is 2. The standard InChI is InChI=1S/C9H7BrFN3/c10-7-2-5(12)1-6(9(7)11)8-3-13-4-14-8/h1-4H,12H2,(H,13,14). The zero-order valence-corrected chi connectivity index (χ0v) is 8.68. The van der Waals surface area contributed by atoms with E-state index in [1.807, 2.05) is 0 Å². The van der Waals surface area contributed by atoms with Crippen molar-refractivity contribution < 1.29 is 4.39 Å². The van der Waals surface area contributed by atoms with E-state index in [2.05, 4.69) is 25.9 Å². The Hall–Kier alpha value is -1.36. The zero-order valence-electron chi connectivity index (χ0n) is 7.09. The van der Waals surface area contributed by atoms with Gasteiger partial charge in [-0.05, 0) is 28.1 Å². The fraction of sp³-hybridized carbons (Fsp3) is 0. The number of H-pyrrole nitrogens is 1. The van der Waals surface area contributed by atoms with Crippen LogP contribution in [0.3, 0.4) is 0 Å². The maximum Gasteiger partial charge on any atom is 0.146 e. The van der Waals surface area contributed by atoms with E-state index in [9.17, 15) is 4.39 Å². The fourth-order valence-electron chi connectivity index (χ4n) is 1.21. The van der Waals surface area contributed by atoms with Crippen molar-refractivity contribution in [2.24, 2.45) is 0 Å². The van der Waals surface area contributed by atoms with E-state index < -0.39 is 0 Å². The second kappa shape index (κ2) is 3.42. The van der Waals surface area contributed by atoms with Gasteiger partial charge in [0.25, 0.3) is 0 Å². The van der Waals surface area contributed by atoms with Crippen LogP contribution < -0.4 is 5.73 Å². The molecule has 0 spiro atoms. The number of benzene rings is 1. The van der Waals surface area contributed by atoms with E-state index in [1.54, 1.807) is 12.3 Å². The van der Waals surface area contributed by atoms with Crippen LogP contribution in [0.15, 0.2) is 29.1 Å². The van der Waals surface area contributed by atoms with Crippen molar-refractivity contribution >= 4 is 21.6 Å². The van der Waals surface area contributed by atoms with Crippen LogP contribution in [-0.2, 0) is 0 Å². The molecule has 0 aliphatic carbocycles. The van der Waals surface area contributed by atoms with Gasteiger partial charge < -0.3 is 10.7 Å². The minimum Gasteiger partial charge on any atom is -0.399 e. The first kappa shape index (κ1) is 9.21. The van der Waals surface area contributed by atoms with Gasteiger partial charge >= 0.3 is 0 Å². The number of rotatable bonds is 1. The molecule has 0 radical (unpaired) electrons. The third-order valence-corrected chi connectivity index (χ3v) is 2.42. The molecule has 1 heterocycles. The predicted octanol–water partition coefficient (Wildman–Crippen LogP) is 2.56. The Labute approximate surface area is 88.3 Å². The molecule has 0 atom stereocenters. The molecule has 0 fully saturated rings. The molecule has 72 valence electrons. The Balaban J connectivity index is 2.64. The average Bonchev–Trinajstić information content (AvgIpc) is 2.63. The summed E-state index contributed by atoms with van der Waals surface area (Å²) in [6.07, 6.45) is 3.04. The Morgan fingerprint density at radius 2 is 2.21 bits per heavy atom. The van der Waals surface area contributed by atoms with Gasteiger partial charge in [-0.1, -0.05) is 0 Å². The normalized spacial score (nSPS) is 10.4. The van der Waals surface area contributed by atoms with Crippen LogP contribution in [0.5, 0.6) is 0 Å². The van der Waals surface area contributed by atoms with Gasteiger partial charge in [0, 0.05) is 11.3 Å². The first-order valence-electron chi connectivity index (χ1n) is 3.92. The molecular formula is C9H7BrFN3. The summed E-state index contributed by atoms with van der Waals surface area (Å²) < 4.78 is 13.9. The highest BCUT2D eigenvalue weighted by molar-refractivity contribution is 9.10. The second-order valence-electron chi connectivity index (χ2n) is 2.83. The summed E-state index contributed by atoms with van der Waals surface area (Å²) in [4.78, 5) is 6.64. The number of aromatic nitrogens is 2.